The molecule has 2 aromatic rings. The topological polar surface area (TPSA) is 34.2 Å². The van der Waals surface area contributed by atoms with E-state index in [1.165, 1.54) is 0 Å². The van der Waals surface area contributed by atoms with Crippen molar-refractivity contribution in [2.45, 2.75) is 26.4 Å². The number of halogens is 1. The van der Waals surface area contributed by atoms with E-state index in [2.05, 4.69) is 40.1 Å². The Morgan fingerprint density at radius 3 is 2.74 bits per heavy atom. The minimum Gasteiger partial charge on any atom is -0.454 e. The largest absolute Gasteiger partial charge is 0.454 e. The van der Waals surface area contributed by atoms with Gasteiger partial charge < -0.3 is 10.1 Å². The molecule has 0 atom stereocenters. The maximum absolute atomic E-state index is 5.92. The zero-order valence-electron chi connectivity index (χ0n) is 11.1. The summed E-state index contributed by atoms with van der Waals surface area (Å²) in [5.74, 6) is 1.57. The minimum absolute atomic E-state index is 0.435. The molecule has 1 aromatic heterocycles. The molecule has 4 heteroatoms. The molecule has 1 heterocycles. The average molecular weight is 321 g/mol. The Hall–Kier alpha value is -1.39. The highest BCUT2D eigenvalue weighted by Gasteiger charge is 2.07. The molecule has 3 nitrogen and oxygen atoms in total. The van der Waals surface area contributed by atoms with Crippen LogP contribution in [0.15, 0.2) is 47.2 Å². The van der Waals surface area contributed by atoms with Gasteiger partial charge in [-0.3, -0.25) is 4.98 Å². The lowest BCUT2D eigenvalue weighted by Crippen LogP contribution is -2.22. The van der Waals surface area contributed by atoms with E-state index in [0.717, 1.165) is 28.1 Å². The van der Waals surface area contributed by atoms with Gasteiger partial charge in [0.2, 0.25) is 0 Å². The van der Waals surface area contributed by atoms with Gasteiger partial charge in [0.1, 0.15) is 11.5 Å². The molecule has 1 N–H and O–H groups in total. The van der Waals surface area contributed by atoms with Gasteiger partial charge in [0.25, 0.3) is 0 Å². The number of hydrogen-bond donors (Lipinski definition) is 1. The highest BCUT2D eigenvalue weighted by molar-refractivity contribution is 9.10. The highest BCUT2D eigenvalue weighted by Crippen LogP contribution is 2.30. The van der Waals surface area contributed by atoms with Crippen molar-refractivity contribution >= 4 is 15.9 Å². The lowest BCUT2D eigenvalue weighted by Gasteiger charge is -2.13. The number of hydrogen-bond acceptors (Lipinski definition) is 3. The summed E-state index contributed by atoms with van der Waals surface area (Å²) in [7, 11) is 0. The van der Waals surface area contributed by atoms with Gasteiger partial charge in [0, 0.05) is 24.3 Å². The summed E-state index contributed by atoms with van der Waals surface area (Å²) in [6.07, 6.45) is 3.53. The number of benzene rings is 1. The second kappa shape index (κ2) is 6.68. The van der Waals surface area contributed by atoms with Crippen molar-refractivity contribution in [3.8, 4) is 11.5 Å². The fourth-order valence-electron chi connectivity index (χ4n) is 1.61. The van der Waals surface area contributed by atoms with Gasteiger partial charge in [-0.05, 0) is 34.1 Å². The molecule has 0 unspecified atom stereocenters. The van der Waals surface area contributed by atoms with Gasteiger partial charge in [0.15, 0.2) is 0 Å². The number of nitrogens with zero attached hydrogens (tertiary/aromatic N) is 1. The third-order valence-corrected chi connectivity index (χ3v) is 3.28. The van der Waals surface area contributed by atoms with Crippen LogP contribution in [-0.4, -0.2) is 11.0 Å². The molecular weight excluding hydrogens is 304 g/mol. The molecule has 0 aliphatic heterocycles. The van der Waals surface area contributed by atoms with Crippen LogP contribution >= 0.6 is 15.9 Å². The van der Waals surface area contributed by atoms with E-state index in [0.29, 0.717) is 6.04 Å². The zero-order chi connectivity index (χ0) is 13.7. The molecule has 19 heavy (non-hydrogen) atoms. The van der Waals surface area contributed by atoms with Crippen molar-refractivity contribution in [1.29, 1.82) is 0 Å². The first-order chi connectivity index (χ1) is 9.16. The fourth-order valence-corrected chi connectivity index (χ4v) is 1.97. The molecule has 0 bridgehead atoms. The maximum Gasteiger partial charge on any atom is 0.150 e. The number of ether oxygens (including phenoxy) is 1. The van der Waals surface area contributed by atoms with Crippen LogP contribution in [0, 0.1) is 0 Å². The molecule has 2 rings (SSSR count). The van der Waals surface area contributed by atoms with Crippen LogP contribution in [0.2, 0.25) is 0 Å². The Morgan fingerprint density at radius 2 is 2.00 bits per heavy atom. The highest BCUT2D eigenvalue weighted by atomic mass is 79.9. The molecule has 0 aliphatic carbocycles. The van der Waals surface area contributed by atoms with Crippen molar-refractivity contribution in [2.24, 2.45) is 0 Å². The Balaban J connectivity index is 2.18. The predicted octanol–water partition coefficient (Wildman–Crippen LogP) is 4.13. The van der Waals surface area contributed by atoms with E-state index in [4.69, 9.17) is 4.74 Å². The summed E-state index contributed by atoms with van der Waals surface area (Å²) < 4.78 is 6.86. The van der Waals surface area contributed by atoms with Crippen LogP contribution in [0.4, 0.5) is 0 Å². The second-order valence-corrected chi connectivity index (χ2v) is 5.41. The molecule has 0 spiro atoms. The van der Waals surface area contributed by atoms with Crippen LogP contribution in [0.3, 0.4) is 0 Å². The molecule has 100 valence electrons. The van der Waals surface area contributed by atoms with Gasteiger partial charge in [-0.2, -0.15) is 0 Å². The summed E-state index contributed by atoms with van der Waals surface area (Å²) in [6, 6.07) is 10.2. The van der Waals surface area contributed by atoms with Gasteiger partial charge in [-0.15, -0.1) is 0 Å². The van der Waals surface area contributed by atoms with Crippen LogP contribution < -0.4 is 10.1 Å². The van der Waals surface area contributed by atoms with Crippen molar-refractivity contribution in [3.05, 3.63) is 52.8 Å². The Morgan fingerprint density at radius 1 is 1.21 bits per heavy atom. The first-order valence-electron chi connectivity index (χ1n) is 6.25. The molecule has 0 amide bonds. The summed E-state index contributed by atoms with van der Waals surface area (Å²) >= 11 is 3.48. The number of pyridine rings is 1. The molecule has 0 saturated heterocycles. The summed E-state index contributed by atoms with van der Waals surface area (Å²) in [6.45, 7) is 5.00. The van der Waals surface area contributed by atoms with Gasteiger partial charge in [0.05, 0.1) is 10.7 Å². The first-order valence-corrected chi connectivity index (χ1v) is 7.05. The van der Waals surface area contributed by atoms with E-state index in [1.54, 1.807) is 12.4 Å². The quantitative estimate of drug-likeness (QED) is 0.899. The average Bonchev–Trinajstić information content (AvgIpc) is 2.40. The minimum atomic E-state index is 0.435. The summed E-state index contributed by atoms with van der Waals surface area (Å²) in [4.78, 5) is 4.13. The third kappa shape index (κ3) is 4.04. The first kappa shape index (κ1) is 14.0. The predicted molar refractivity (Wildman–Crippen MR) is 80.4 cm³/mol. The molecule has 0 aliphatic rings. The van der Waals surface area contributed by atoms with E-state index in [9.17, 15) is 0 Å². The third-order valence-electron chi connectivity index (χ3n) is 2.63. The van der Waals surface area contributed by atoms with Gasteiger partial charge >= 0.3 is 0 Å². The van der Waals surface area contributed by atoms with Gasteiger partial charge in [-0.1, -0.05) is 26.0 Å². The Kier molecular flexibility index (Phi) is 4.93. The van der Waals surface area contributed by atoms with Crippen molar-refractivity contribution < 1.29 is 4.74 Å². The molecule has 0 fully saturated rings. The zero-order valence-corrected chi connectivity index (χ0v) is 12.6. The van der Waals surface area contributed by atoms with Crippen LogP contribution in [0.1, 0.15) is 19.4 Å². The van der Waals surface area contributed by atoms with E-state index in [-0.39, 0.29) is 0 Å². The van der Waals surface area contributed by atoms with Crippen molar-refractivity contribution in [3.63, 3.8) is 0 Å². The number of para-hydroxylation sites is 1. The summed E-state index contributed by atoms with van der Waals surface area (Å²) in [5, 5.41) is 3.38. The monoisotopic (exact) mass is 320 g/mol. The smallest absolute Gasteiger partial charge is 0.150 e. The lowest BCUT2D eigenvalue weighted by atomic mass is 10.2. The molecule has 0 saturated carbocycles. The summed E-state index contributed by atoms with van der Waals surface area (Å²) in [5.41, 5.74) is 1.10. The second-order valence-electron chi connectivity index (χ2n) is 4.55. The van der Waals surface area contributed by atoms with Crippen LogP contribution in [-0.2, 0) is 6.54 Å². The van der Waals surface area contributed by atoms with Crippen LogP contribution in [0.5, 0.6) is 11.5 Å². The maximum atomic E-state index is 5.92. The number of aromatic nitrogens is 1. The van der Waals surface area contributed by atoms with E-state index in [1.807, 2.05) is 30.3 Å². The number of rotatable bonds is 5. The van der Waals surface area contributed by atoms with E-state index < -0.39 is 0 Å². The Labute approximate surface area is 122 Å². The van der Waals surface area contributed by atoms with Crippen LogP contribution in [0.25, 0.3) is 0 Å². The van der Waals surface area contributed by atoms with Crippen molar-refractivity contribution in [1.82, 2.24) is 10.3 Å². The standard InChI is InChI=1S/C15H17BrN2O/c1-11(2)18-9-12-7-8-17-10-15(12)19-14-6-4-3-5-13(14)16/h3-8,10-11,18H,9H2,1-2H3. The van der Waals surface area contributed by atoms with Crippen molar-refractivity contribution in [2.75, 3.05) is 0 Å². The molecule has 0 radical (unpaired) electrons. The molecule has 1 aromatic carbocycles. The van der Waals surface area contributed by atoms with Gasteiger partial charge in [-0.25, -0.2) is 0 Å². The number of nitrogens with one attached hydrogen (secondary N) is 1. The Bertz CT molecular complexity index is 543. The molecular formula is C15H17BrN2O. The fraction of sp³-hybridized carbons (Fsp3) is 0.267. The normalized spacial score (nSPS) is 10.7. The van der Waals surface area contributed by atoms with E-state index >= 15 is 0 Å². The lowest BCUT2D eigenvalue weighted by molar-refractivity contribution is 0.464. The SMILES string of the molecule is CC(C)NCc1ccncc1Oc1ccccc1Br.